The number of halogens is 1. The van der Waals surface area contributed by atoms with E-state index < -0.39 is 6.10 Å². The van der Waals surface area contributed by atoms with E-state index in [1.807, 2.05) is 0 Å². The van der Waals surface area contributed by atoms with Gasteiger partial charge in [0.1, 0.15) is 5.69 Å². The van der Waals surface area contributed by atoms with Crippen LogP contribution in [0.3, 0.4) is 0 Å². The van der Waals surface area contributed by atoms with E-state index in [0.717, 1.165) is 12.8 Å². The number of aliphatic hydroxyl groups excluding tert-OH is 1. The first-order valence-corrected chi connectivity index (χ1v) is 6.13. The Kier molecular flexibility index (Phi) is 3.69. The van der Waals surface area contributed by atoms with Gasteiger partial charge >= 0.3 is 0 Å². The van der Waals surface area contributed by atoms with E-state index in [4.69, 9.17) is 11.6 Å². The second-order valence-corrected chi connectivity index (χ2v) is 4.94. The minimum Gasteiger partial charge on any atom is -0.392 e. The fourth-order valence-corrected chi connectivity index (χ4v) is 1.74. The smallest absolute Gasteiger partial charge is 0.291 e. The lowest BCUT2D eigenvalue weighted by Gasteiger charge is -2.11. The number of nitrogens with one attached hydrogen (secondary N) is 1. The lowest BCUT2D eigenvalue weighted by atomic mass is 10.3. The summed E-state index contributed by atoms with van der Waals surface area (Å²) in [5.41, 5.74) is 0.105. The molecule has 0 radical (unpaired) electrons. The van der Waals surface area contributed by atoms with Crippen molar-refractivity contribution in [3.8, 4) is 0 Å². The van der Waals surface area contributed by atoms with Crippen molar-refractivity contribution in [2.75, 3.05) is 11.9 Å². The van der Waals surface area contributed by atoms with Gasteiger partial charge in [0.05, 0.1) is 17.3 Å². The molecule has 1 atom stereocenters. The summed E-state index contributed by atoms with van der Waals surface area (Å²) in [7, 11) is 0. The fourth-order valence-electron chi connectivity index (χ4n) is 1.55. The van der Waals surface area contributed by atoms with Crippen LogP contribution in [0.2, 0.25) is 5.02 Å². The molecule has 2 rings (SSSR count). The highest BCUT2D eigenvalue weighted by Crippen LogP contribution is 2.30. The van der Waals surface area contributed by atoms with Crippen LogP contribution in [0.4, 0.5) is 5.69 Å². The van der Waals surface area contributed by atoms with Crippen LogP contribution in [0.15, 0.2) is 11.0 Å². The second kappa shape index (κ2) is 5.06. The standard InChI is InChI=1S/C11H16ClN3O2/c1-7(16)4-13-10-9(12)5-14-15(11(10)17)6-8-2-3-8/h5,7-8,13,16H,2-4,6H2,1H3. The van der Waals surface area contributed by atoms with E-state index in [2.05, 4.69) is 10.4 Å². The molecule has 2 N–H and O–H groups in total. The predicted octanol–water partition coefficient (Wildman–Crippen LogP) is 1.10. The SMILES string of the molecule is CC(O)CNc1c(Cl)cnn(CC2CC2)c1=O. The summed E-state index contributed by atoms with van der Waals surface area (Å²) in [6, 6.07) is 0. The van der Waals surface area contributed by atoms with E-state index in [9.17, 15) is 9.90 Å². The van der Waals surface area contributed by atoms with Crippen molar-refractivity contribution < 1.29 is 5.11 Å². The third kappa shape index (κ3) is 3.20. The molecule has 94 valence electrons. The highest BCUT2D eigenvalue weighted by atomic mass is 35.5. The van der Waals surface area contributed by atoms with Crippen molar-refractivity contribution in [3.05, 3.63) is 21.6 Å². The minimum absolute atomic E-state index is 0.218. The van der Waals surface area contributed by atoms with E-state index in [-0.39, 0.29) is 5.56 Å². The van der Waals surface area contributed by atoms with E-state index >= 15 is 0 Å². The van der Waals surface area contributed by atoms with Gasteiger partial charge in [-0.1, -0.05) is 11.6 Å². The van der Waals surface area contributed by atoms with Crippen LogP contribution in [0, 0.1) is 5.92 Å². The molecule has 17 heavy (non-hydrogen) atoms. The predicted molar refractivity (Wildman–Crippen MR) is 66.4 cm³/mol. The van der Waals surface area contributed by atoms with Gasteiger partial charge in [-0.25, -0.2) is 4.68 Å². The Hall–Kier alpha value is -1.07. The van der Waals surface area contributed by atoms with Crippen LogP contribution < -0.4 is 10.9 Å². The number of hydrogen-bond acceptors (Lipinski definition) is 4. The normalized spacial score (nSPS) is 16.9. The molecule has 0 saturated heterocycles. The Balaban J connectivity index is 2.19. The zero-order valence-electron chi connectivity index (χ0n) is 9.69. The van der Waals surface area contributed by atoms with Crippen LogP contribution in [0.5, 0.6) is 0 Å². The van der Waals surface area contributed by atoms with Crippen molar-refractivity contribution in [1.29, 1.82) is 0 Å². The van der Waals surface area contributed by atoms with E-state index in [0.29, 0.717) is 29.7 Å². The van der Waals surface area contributed by atoms with Gasteiger partial charge in [-0.15, -0.1) is 0 Å². The number of aromatic nitrogens is 2. The molecule has 1 unspecified atom stereocenters. The van der Waals surface area contributed by atoms with Gasteiger partial charge in [-0.05, 0) is 25.7 Å². The molecule has 0 aromatic carbocycles. The second-order valence-electron chi connectivity index (χ2n) is 4.53. The van der Waals surface area contributed by atoms with Gasteiger partial charge in [0.25, 0.3) is 5.56 Å². The topological polar surface area (TPSA) is 67.2 Å². The molecule has 1 aliphatic rings. The molecule has 1 aliphatic carbocycles. The Labute approximate surface area is 104 Å². The van der Waals surface area contributed by atoms with Gasteiger partial charge in [0.2, 0.25) is 0 Å². The van der Waals surface area contributed by atoms with Crippen LogP contribution in [-0.4, -0.2) is 27.5 Å². The van der Waals surface area contributed by atoms with Crippen molar-refractivity contribution in [1.82, 2.24) is 9.78 Å². The van der Waals surface area contributed by atoms with Crippen molar-refractivity contribution in [3.63, 3.8) is 0 Å². The zero-order chi connectivity index (χ0) is 12.4. The maximum atomic E-state index is 12.0. The Morgan fingerprint density at radius 1 is 1.71 bits per heavy atom. The third-order valence-corrected chi connectivity index (χ3v) is 2.99. The highest BCUT2D eigenvalue weighted by Gasteiger charge is 2.23. The molecule has 0 aliphatic heterocycles. The first-order valence-electron chi connectivity index (χ1n) is 5.75. The average molecular weight is 258 g/mol. The number of nitrogens with zero attached hydrogens (tertiary/aromatic N) is 2. The summed E-state index contributed by atoms with van der Waals surface area (Å²) in [5, 5.41) is 16.4. The summed E-state index contributed by atoms with van der Waals surface area (Å²) < 4.78 is 1.44. The van der Waals surface area contributed by atoms with Crippen molar-refractivity contribution >= 4 is 17.3 Å². The number of rotatable bonds is 5. The first-order chi connectivity index (χ1) is 8.08. The molecular weight excluding hydrogens is 242 g/mol. The summed E-state index contributed by atoms with van der Waals surface area (Å²) in [4.78, 5) is 12.0. The van der Waals surface area contributed by atoms with Gasteiger partial charge in [0, 0.05) is 13.1 Å². The Bertz CT molecular complexity index is 455. The molecule has 0 amide bonds. The molecule has 0 spiro atoms. The van der Waals surface area contributed by atoms with Crippen LogP contribution in [-0.2, 0) is 6.54 Å². The monoisotopic (exact) mass is 257 g/mol. The van der Waals surface area contributed by atoms with Crippen molar-refractivity contribution in [2.24, 2.45) is 5.92 Å². The third-order valence-electron chi connectivity index (χ3n) is 2.70. The molecule has 0 bridgehead atoms. The summed E-state index contributed by atoms with van der Waals surface area (Å²) in [6.07, 6.45) is 3.26. The molecule has 1 heterocycles. The Morgan fingerprint density at radius 3 is 3.00 bits per heavy atom. The van der Waals surface area contributed by atoms with Gasteiger partial charge in [0.15, 0.2) is 0 Å². The van der Waals surface area contributed by atoms with Crippen molar-refractivity contribution in [2.45, 2.75) is 32.4 Å². The number of hydrogen-bond donors (Lipinski definition) is 2. The number of anilines is 1. The summed E-state index contributed by atoms with van der Waals surface area (Å²) >= 11 is 5.92. The highest BCUT2D eigenvalue weighted by molar-refractivity contribution is 6.32. The van der Waals surface area contributed by atoms with Crippen LogP contribution >= 0.6 is 11.6 Å². The van der Waals surface area contributed by atoms with Crippen LogP contribution in [0.25, 0.3) is 0 Å². The Morgan fingerprint density at radius 2 is 2.41 bits per heavy atom. The maximum Gasteiger partial charge on any atom is 0.291 e. The minimum atomic E-state index is -0.532. The molecular formula is C11H16ClN3O2. The number of aliphatic hydroxyl groups is 1. The van der Waals surface area contributed by atoms with E-state index in [1.54, 1.807) is 6.92 Å². The quantitative estimate of drug-likeness (QED) is 0.829. The average Bonchev–Trinajstić information content (AvgIpc) is 3.05. The fraction of sp³-hybridized carbons (Fsp3) is 0.636. The van der Waals surface area contributed by atoms with Gasteiger partial charge in [-0.2, -0.15) is 5.10 Å². The largest absolute Gasteiger partial charge is 0.392 e. The lowest BCUT2D eigenvalue weighted by molar-refractivity contribution is 0.208. The molecule has 5 nitrogen and oxygen atoms in total. The lowest BCUT2D eigenvalue weighted by Crippen LogP contribution is -2.28. The van der Waals surface area contributed by atoms with Gasteiger partial charge in [-0.3, -0.25) is 4.79 Å². The molecule has 1 aromatic heterocycles. The maximum absolute atomic E-state index is 12.0. The molecule has 1 saturated carbocycles. The molecule has 1 fully saturated rings. The zero-order valence-corrected chi connectivity index (χ0v) is 10.4. The summed E-state index contributed by atoms with van der Waals surface area (Å²) in [5.74, 6) is 0.575. The summed E-state index contributed by atoms with van der Waals surface area (Å²) in [6.45, 7) is 2.59. The van der Waals surface area contributed by atoms with Crippen LogP contribution in [0.1, 0.15) is 19.8 Å². The first kappa shape index (κ1) is 12.4. The molecule has 1 aromatic rings. The molecule has 6 heteroatoms. The van der Waals surface area contributed by atoms with E-state index in [1.165, 1.54) is 10.9 Å². The van der Waals surface area contributed by atoms with Gasteiger partial charge < -0.3 is 10.4 Å².